The first-order valence-corrected chi connectivity index (χ1v) is 12.4. The maximum absolute atomic E-state index is 12.4. The minimum atomic E-state index is -0.937. The van der Waals surface area contributed by atoms with E-state index >= 15 is 0 Å². The number of benzene rings is 3. The molecule has 0 aliphatic heterocycles. The average molecular weight is 481 g/mol. The number of aromatic nitrogens is 1. The van der Waals surface area contributed by atoms with Crippen molar-refractivity contribution in [3.8, 4) is 17.6 Å². The summed E-state index contributed by atoms with van der Waals surface area (Å²) in [5, 5.41) is 0. The Morgan fingerprint density at radius 2 is 1.34 bits per heavy atom. The summed E-state index contributed by atoms with van der Waals surface area (Å²) in [6.45, 7) is 3.31. The van der Waals surface area contributed by atoms with Gasteiger partial charge in [-0.15, -0.1) is 0 Å². The number of pyridine rings is 1. The van der Waals surface area contributed by atoms with Gasteiger partial charge in [0.25, 0.3) is 0 Å². The molecule has 0 aliphatic rings. The zero-order valence-electron chi connectivity index (χ0n) is 19.7. The Labute approximate surface area is 209 Å². The Kier molecular flexibility index (Phi) is 7.87. The highest BCUT2D eigenvalue weighted by Crippen LogP contribution is 2.31. The van der Waals surface area contributed by atoms with Crippen LogP contribution in [0.5, 0.6) is 5.75 Å². The Bertz CT molecular complexity index is 1260. The molecule has 4 nitrogen and oxygen atoms in total. The van der Waals surface area contributed by atoms with E-state index in [9.17, 15) is 4.79 Å². The van der Waals surface area contributed by atoms with E-state index in [0.717, 1.165) is 5.56 Å². The summed E-state index contributed by atoms with van der Waals surface area (Å²) >= 11 is 0. The summed E-state index contributed by atoms with van der Waals surface area (Å²) in [5.41, 5.74) is -0.127. The largest absolute Gasteiger partial charge is 0.482 e. The number of rotatable bonds is 7. The van der Waals surface area contributed by atoms with Crippen LogP contribution in [0.4, 0.5) is 0 Å². The first kappa shape index (κ1) is 24.1. The monoisotopic (exact) mass is 480 g/mol. The molecule has 0 atom stereocenters. The smallest absolute Gasteiger partial charge is 0.345 e. The SMILES string of the molecule is CC(C)(C#Cc1ccncc1)OC(=O)COc1ccc([S+](c2ccccc2)c2ccccc2)cc1. The van der Waals surface area contributed by atoms with Crippen LogP contribution in [-0.2, 0) is 20.4 Å². The molecule has 1 heterocycles. The third-order valence-corrected chi connectivity index (χ3v) is 7.16. The number of hydrogen-bond acceptors (Lipinski definition) is 4. The zero-order chi connectivity index (χ0) is 24.5. The summed E-state index contributed by atoms with van der Waals surface area (Å²) in [6.07, 6.45) is 3.34. The second-order valence-corrected chi connectivity index (χ2v) is 10.2. The topological polar surface area (TPSA) is 48.4 Å². The predicted octanol–water partition coefficient (Wildman–Crippen LogP) is 5.93. The first-order valence-electron chi connectivity index (χ1n) is 11.2. The summed E-state index contributed by atoms with van der Waals surface area (Å²) in [5.74, 6) is 6.11. The number of nitrogens with zero attached hydrogens (tertiary/aromatic N) is 1. The van der Waals surface area contributed by atoms with Gasteiger partial charge >= 0.3 is 5.97 Å². The van der Waals surface area contributed by atoms with Gasteiger partial charge in [0, 0.05) is 18.0 Å². The maximum atomic E-state index is 12.4. The third kappa shape index (κ3) is 6.99. The van der Waals surface area contributed by atoms with Crippen LogP contribution in [0.3, 0.4) is 0 Å². The second-order valence-electron chi connectivity index (χ2n) is 8.16. The summed E-state index contributed by atoms with van der Waals surface area (Å²) in [4.78, 5) is 20.0. The van der Waals surface area contributed by atoms with Crippen molar-refractivity contribution in [1.29, 1.82) is 0 Å². The number of esters is 1. The molecule has 0 saturated heterocycles. The minimum absolute atomic E-state index is 0.192. The molecule has 1 aromatic heterocycles. The van der Waals surface area contributed by atoms with Crippen LogP contribution in [0.25, 0.3) is 0 Å². The van der Waals surface area contributed by atoms with E-state index in [4.69, 9.17) is 9.47 Å². The summed E-state index contributed by atoms with van der Waals surface area (Å²) < 4.78 is 11.2. The normalized spacial score (nSPS) is 10.8. The van der Waals surface area contributed by atoms with E-state index in [1.54, 1.807) is 38.4 Å². The van der Waals surface area contributed by atoms with Crippen LogP contribution in [0.15, 0.2) is 124 Å². The fraction of sp³-hybridized carbons (Fsp3) is 0.133. The lowest BCUT2D eigenvalue weighted by atomic mass is 10.1. The minimum Gasteiger partial charge on any atom is -0.482 e. The van der Waals surface area contributed by atoms with E-state index in [1.165, 1.54) is 14.7 Å². The molecular weight excluding hydrogens is 454 g/mol. The van der Waals surface area contributed by atoms with Crippen molar-refractivity contribution in [1.82, 2.24) is 4.98 Å². The Balaban J connectivity index is 1.40. The molecule has 0 N–H and O–H groups in total. The number of carbonyl (C=O) groups is 1. The highest BCUT2D eigenvalue weighted by atomic mass is 32.2. The van der Waals surface area contributed by atoms with Gasteiger partial charge in [-0.25, -0.2) is 4.79 Å². The van der Waals surface area contributed by atoms with E-state index < -0.39 is 11.6 Å². The maximum Gasteiger partial charge on any atom is 0.345 e. The molecule has 0 amide bonds. The van der Waals surface area contributed by atoms with Crippen molar-refractivity contribution in [2.75, 3.05) is 6.61 Å². The van der Waals surface area contributed by atoms with E-state index in [0.29, 0.717) is 5.75 Å². The molecule has 4 aromatic rings. The molecular formula is C30H26NO3S+. The van der Waals surface area contributed by atoms with Crippen LogP contribution >= 0.6 is 0 Å². The number of ether oxygens (including phenoxy) is 2. The van der Waals surface area contributed by atoms with Crippen molar-refractivity contribution < 1.29 is 14.3 Å². The van der Waals surface area contributed by atoms with Crippen molar-refractivity contribution in [3.63, 3.8) is 0 Å². The molecule has 4 rings (SSSR count). The fourth-order valence-electron chi connectivity index (χ4n) is 3.33. The lowest BCUT2D eigenvalue weighted by Crippen LogP contribution is -2.29. The van der Waals surface area contributed by atoms with Gasteiger partial charge in [0.1, 0.15) is 5.75 Å². The highest BCUT2D eigenvalue weighted by molar-refractivity contribution is 7.97. The fourth-order valence-corrected chi connectivity index (χ4v) is 5.42. The third-order valence-electron chi connectivity index (χ3n) is 4.93. The number of carbonyl (C=O) groups excluding carboxylic acids is 1. The van der Waals surface area contributed by atoms with Crippen molar-refractivity contribution in [2.24, 2.45) is 0 Å². The van der Waals surface area contributed by atoms with Crippen LogP contribution < -0.4 is 4.74 Å². The Morgan fingerprint density at radius 3 is 1.91 bits per heavy atom. The van der Waals surface area contributed by atoms with Gasteiger partial charge in [-0.05, 0) is 74.5 Å². The van der Waals surface area contributed by atoms with Gasteiger partial charge in [0.05, 0.1) is 10.9 Å². The summed E-state index contributed by atoms with van der Waals surface area (Å²) in [6, 6.07) is 32.4. The average Bonchev–Trinajstić information content (AvgIpc) is 2.89. The van der Waals surface area contributed by atoms with E-state index in [1.807, 2.05) is 36.4 Å². The molecule has 0 unspecified atom stereocenters. The second kappa shape index (κ2) is 11.4. The molecule has 0 spiro atoms. The van der Waals surface area contributed by atoms with Gasteiger partial charge in [0.2, 0.25) is 0 Å². The van der Waals surface area contributed by atoms with Crippen LogP contribution in [0.2, 0.25) is 0 Å². The molecule has 0 saturated carbocycles. The van der Waals surface area contributed by atoms with Gasteiger partial charge in [-0.1, -0.05) is 48.2 Å². The van der Waals surface area contributed by atoms with Gasteiger partial charge in [0.15, 0.2) is 26.9 Å². The zero-order valence-corrected chi connectivity index (χ0v) is 20.5. The van der Waals surface area contributed by atoms with E-state index in [-0.39, 0.29) is 17.5 Å². The molecule has 35 heavy (non-hydrogen) atoms. The molecule has 5 heteroatoms. The van der Waals surface area contributed by atoms with Crippen molar-refractivity contribution in [2.45, 2.75) is 34.1 Å². The van der Waals surface area contributed by atoms with Gasteiger partial charge in [-0.2, -0.15) is 0 Å². The highest BCUT2D eigenvalue weighted by Gasteiger charge is 2.28. The summed E-state index contributed by atoms with van der Waals surface area (Å²) in [7, 11) is -0.234. The number of hydrogen-bond donors (Lipinski definition) is 0. The molecule has 174 valence electrons. The molecule has 0 fully saturated rings. The van der Waals surface area contributed by atoms with Gasteiger partial charge < -0.3 is 9.47 Å². The van der Waals surface area contributed by atoms with Crippen molar-refractivity contribution >= 4 is 16.9 Å². The van der Waals surface area contributed by atoms with Crippen LogP contribution in [0.1, 0.15) is 19.4 Å². The van der Waals surface area contributed by atoms with Crippen LogP contribution in [0, 0.1) is 11.8 Å². The predicted molar refractivity (Wildman–Crippen MR) is 138 cm³/mol. The lowest BCUT2D eigenvalue weighted by molar-refractivity contribution is -0.154. The first-order chi connectivity index (χ1) is 17.0. The lowest BCUT2D eigenvalue weighted by Gasteiger charge is -2.19. The standard InChI is InChI=1S/C30H26NO3S/c1-30(2,20-17-24-18-21-31-22-19-24)34-29(32)23-33-25-13-15-28(16-14-25)35(26-9-5-3-6-10-26)27-11-7-4-8-12-27/h3-16,18-19,21-22H,23H2,1-2H3/q+1. The Morgan fingerprint density at radius 1 is 0.800 bits per heavy atom. The molecule has 0 aliphatic carbocycles. The Hall–Kier alpha value is -4.01. The molecule has 3 aromatic carbocycles. The molecule has 0 bridgehead atoms. The van der Waals surface area contributed by atoms with Gasteiger partial charge in [-0.3, -0.25) is 4.98 Å². The van der Waals surface area contributed by atoms with E-state index in [2.05, 4.69) is 65.4 Å². The van der Waals surface area contributed by atoms with Crippen LogP contribution in [-0.4, -0.2) is 23.2 Å². The molecule has 0 radical (unpaired) electrons. The quantitative estimate of drug-likeness (QED) is 0.187. The van der Waals surface area contributed by atoms with Crippen molar-refractivity contribution in [3.05, 3.63) is 115 Å².